The third-order valence-corrected chi connectivity index (χ3v) is 4.25. The molecule has 1 aliphatic rings. The van der Waals surface area contributed by atoms with Crippen LogP contribution in [-0.4, -0.2) is 26.7 Å². The first-order valence-electron chi connectivity index (χ1n) is 7.02. The van der Waals surface area contributed by atoms with Crippen molar-refractivity contribution in [3.8, 4) is 0 Å². The summed E-state index contributed by atoms with van der Waals surface area (Å²) in [5.41, 5.74) is 0. The molecule has 0 aromatic heterocycles. The topological polar surface area (TPSA) is 24.1 Å². The van der Waals surface area contributed by atoms with Crippen molar-refractivity contribution in [1.82, 2.24) is 10.6 Å². The van der Waals surface area contributed by atoms with Crippen LogP contribution in [-0.2, 0) is 0 Å². The Labute approximate surface area is 102 Å². The van der Waals surface area contributed by atoms with Crippen LogP contribution in [0.1, 0.15) is 46.0 Å². The molecular formula is C14H30N2. The molecule has 0 aromatic rings. The highest BCUT2D eigenvalue weighted by molar-refractivity contribution is 4.86. The van der Waals surface area contributed by atoms with Gasteiger partial charge >= 0.3 is 0 Å². The van der Waals surface area contributed by atoms with E-state index in [1.165, 1.54) is 32.1 Å². The van der Waals surface area contributed by atoms with Gasteiger partial charge in [-0.1, -0.05) is 33.1 Å². The zero-order chi connectivity index (χ0) is 12.0. The van der Waals surface area contributed by atoms with Gasteiger partial charge in [0, 0.05) is 6.04 Å². The highest BCUT2D eigenvalue weighted by Gasteiger charge is 2.30. The molecule has 2 unspecified atom stereocenters. The summed E-state index contributed by atoms with van der Waals surface area (Å²) in [6.07, 6.45) is 7.18. The Morgan fingerprint density at radius 3 is 2.12 bits per heavy atom. The zero-order valence-corrected chi connectivity index (χ0v) is 11.6. The molecule has 0 spiro atoms. The van der Waals surface area contributed by atoms with Gasteiger partial charge in [0.1, 0.15) is 0 Å². The minimum atomic E-state index is 0.702. The summed E-state index contributed by atoms with van der Waals surface area (Å²) in [5, 5.41) is 6.96. The van der Waals surface area contributed by atoms with E-state index in [-0.39, 0.29) is 0 Å². The Bertz CT molecular complexity index is 174. The first-order valence-corrected chi connectivity index (χ1v) is 7.02. The van der Waals surface area contributed by atoms with Crippen LogP contribution in [0.4, 0.5) is 0 Å². The van der Waals surface area contributed by atoms with E-state index in [0.29, 0.717) is 6.04 Å². The average Bonchev–Trinajstić information content (AvgIpc) is 2.30. The van der Waals surface area contributed by atoms with E-state index in [2.05, 4.69) is 38.6 Å². The van der Waals surface area contributed by atoms with E-state index in [1.807, 2.05) is 0 Å². The van der Waals surface area contributed by atoms with Gasteiger partial charge < -0.3 is 10.6 Å². The SMILES string of the molecule is CNCC(C(C)C)C(NC)C1CCCCC1. The van der Waals surface area contributed by atoms with Gasteiger partial charge in [0.25, 0.3) is 0 Å². The molecule has 1 fully saturated rings. The molecule has 2 heteroatoms. The molecule has 16 heavy (non-hydrogen) atoms. The fourth-order valence-corrected chi connectivity index (χ4v) is 3.31. The minimum absolute atomic E-state index is 0.702. The number of hydrogen-bond donors (Lipinski definition) is 2. The predicted molar refractivity (Wildman–Crippen MR) is 71.7 cm³/mol. The fourth-order valence-electron chi connectivity index (χ4n) is 3.31. The lowest BCUT2D eigenvalue weighted by Crippen LogP contribution is -2.46. The molecule has 1 aliphatic carbocycles. The highest BCUT2D eigenvalue weighted by atomic mass is 14.9. The second-order valence-electron chi connectivity index (χ2n) is 5.68. The summed E-state index contributed by atoms with van der Waals surface area (Å²) >= 11 is 0. The fraction of sp³-hybridized carbons (Fsp3) is 1.00. The molecule has 2 nitrogen and oxygen atoms in total. The van der Waals surface area contributed by atoms with Crippen molar-refractivity contribution in [1.29, 1.82) is 0 Å². The second-order valence-corrected chi connectivity index (χ2v) is 5.68. The standard InChI is InChI=1S/C14H30N2/c1-11(2)13(10-15-3)14(16-4)12-8-6-5-7-9-12/h11-16H,5-10H2,1-4H3. The summed E-state index contributed by atoms with van der Waals surface area (Å²) in [6, 6.07) is 0.702. The van der Waals surface area contributed by atoms with Gasteiger partial charge in [-0.3, -0.25) is 0 Å². The van der Waals surface area contributed by atoms with Crippen LogP contribution in [0.2, 0.25) is 0 Å². The van der Waals surface area contributed by atoms with Crippen LogP contribution >= 0.6 is 0 Å². The zero-order valence-electron chi connectivity index (χ0n) is 11.6. The van der Waals surface area contributed by atoms with E-state index in [1.54, 1.807) is 0 Å². The van der Waals surface area contributed by atoms with E-state index >= 15 is 0 Å². The maximum absolute atomic E-state index is 3.60. The number of hydrogen-bond acceptors (Lipinski definition) is 2. The van der Waals surface area contributed by atoms with Crippen LogP contribution in [0.5, 0.6) is 0 Å². The lowest BCUT2D eigenvalue weighted by Gasteiger charge is -2.37. The molecule has 0 amide bonds. The van der Waals surface area contributed by atoms with Crippen molar-refractivity contribution in [2.75, 3.05) is 20.6 Å². The summed E-state index contributed by atoms with van der Waals surface area (Å²) < 4.78 is 0. The van der Waals surface area contributed by atoms with Crippen LogP contribution in [0.15, 0.2) is 0 Å². The Kier molecular flexibility index (Phi) is 6.37. The summed E-state index contributed by atoms with van der Waals surface area (Å²) in [6.45, 7) is 5.85. The van der Waals surface area contributed by atoms with E-state index in [4.69, 9.17) is 0 Å². The van der Waals surface area contributed by atoms with Gasteiger partial charge in [-0.05, 0) is 51.2 Å². The number of rotatable bonds is 6. The lowest BCUT2D eigenvalue weighted by atomic mass is 9.75. The molecule has 96 valence electrons. The maximum atomic E-state index is 3.60. The average molecular weight is 226 g/mol. The molecular weight excluding hydrogens is 196 g/mol. The monoisotopic (exact) mass is 226 g/mol. The van der Waals surface area contributed by atoms with Gasteiger partial charge in [0.05, 0.1) is 0 Å². The van der Waals surface area contributed by atoms with Gasteiger partial charge in [0.15, 0.2) is 0 Å². The van der Waals surface area contributed by atoms with Crippen molar-refractivity contribution in [3.05, 3.63) is 0 Å². The molecule has 0 heterocycles. The first-order chi connectivity index (χ1) is 7.70. The van der Waals surface area contributed by atoms with Crippen molar-refractivity contribution < 1.29 is 0 Å². The van der Waals surface area contributed by atoms with Gasteiger partial charge in [-0.15, -0.1) is 0 Å². The Morgan fingerprint density at radius 2 is 1.69 bits per heavy atom. The quantitative estimate of drug-likeness (QED) is 0.727. The summed E-state index contributed by atoms with van der Waals surface area (Å²) in [4.78, 5) is 0. The Morgan fingerprint density at radius 1 is 1.06 bits per heavy atom. The number of nitrogens with one attached hydrogen (secondary N) is 2. The molecule has 0 aliphatic heterocycles. The highest BCUT2D eigenvalue weighted by Crippen LogP contribution is 2.31. The lowest BCUT2D eigenvalue weighted by molar-refractivity contribution is 0.178. The molecule has 0 saturated heterocycles. The first kappa shape index (κ1) is 14.0. The third kappa shape index (κ3) is 3.74. The molecule has 1 saturated carbocycles. The Balaban J connectivity index is 2.60. The molecule has 1 rings (SSSR count). The van der Waals surface area contributed by atoms with Crippen molar-refractivity contribution in [2.45, 2.75) is 52.0 Å². The minimum Gasteiger partial charge on any atom is -0.319 e. The predicted octanol–water partition coefficient (Wildman–Crippen LogP) is 2.65. The molecule has 0 radical (unpaired) electrons. The van der Waals surface area contributed by atoms with Crippen molar-refractivity contribution in [2.24, 2.45) is 17.8 Å². The molecule has 0 bridgehead atoms. The van der Waals surface area contributed by atoms with Gasteiger partial charge in [-0.2, -0.15) is 0 Å². The van der Waals surface area contributed by atoms with Crippen LogP contribution < -0.4 is 10.6 Å². The smallest absolute Gasteiger partial charge is 0.0135 e. The Hall–Kier alpha value is -0.0800. The van der Waals surface area contributed by atoms with Crippen LogP contribution in [0.25, 0.3) is 0 Å². The van der Waals surface area contributed by atoms with E-state index in [9.17, 15) is 0 Å². The molecule has 2 N–H and O–H groups in total. The van der Waals surface area contributed by atoms with E-state index < -0.39 is 0 Å². The summed E-state index contributed by atoms with van der Waals surface area (Å²) in [7, 11) is 4.22. The van der Waals surface area contributed by atoms with Gasteiger partial charge in [-0.25, -0.2) is 0 Å². The van der Waals surface area contributed by atoms with Crippen LogP contribution in [0.3, 0.4) is 0 Å². The van der Waals surface area contributed by atoms with Gasteiger partial charge in [0.2, 0.25) is 0 Å². The van der Waals surface area contributed by atoms with Crippen molar-refractivity contribution in [3.63, 3.8) is 0 Å². The molecule has 0 aromatic carbocycles. The maximum Gasteiger partial charge on any atom is 0.0135 e. The normalized spacial score (nSPS) is 22.3. The molecule has 2 atom stereocenters. The van der Waals surface area contributed by atoms with E-state index in [0.717, 1.165) is 24.3 Å². The summed E-state index contributed by atoms with van der Waals surface area (Å²) in [5.74, 6) is 2.42. The third-order valence-electron chi connectivity index (χ3n) is 4.25. The second kappa shape index (κ2) is 7.29. The largest absolute Gasteiger partial charge is 0.319 e. The van der Waals surface area contributed by atoms with Crippen LogP contribution in [0, 0.1) is 17.8 Å². The van der Waals surface area contributed by atoms with Crippen molar-refractivity contribution >= 4 is 0 Å².